The highest BCUT2D eigenvalue weighted by atomic mass is 16.5. The van der Waals surface area contributed by atoms with Gasteiger partial charge in [-0.25, -0.2) is 14.3 Å². The van der Waals surface area contributed by atoms with Crippen LogP contribution in [0.15, 0.2) is 54.9 Å². The maximum absolute atomic E-state index is 13.1. The number of pyridine rings is 2. The molecule has 0 aliphatic heterocycles. The predicted octanol–water partition coefficient (Wildman–Crippen LogP) is 4.09. The number of benzene rings is 1. The largest absolute Gasteiger partial charge is 0.461 e. The minimum atomic E-state index is -0.583. The maximum atomic E-state index is 13.1. The first kappa shape index (κ1) is 21.3. The lowest BCUT2D eigenvalue weighted by Crippen LogP contribution is -2.15. The zero-order valence-electron chi connectivity index (χ0n) is 18.8. The average Bonchev–Trinajstić information content (AvgIpc) is 3.21. The Kier molecular flexibility index (Phi) is 5.29. The number of rotatable bonds is 5. The number of carbonyl (C=O) groups is 2. The monoisotopic (exact) mass is 452 g/mol. The van der Waals surface area contributed by atoms with Gasteiger partial charge in [-0.3, -0.25) is 9.78 Å². The summed E-state index contributed by atoms with van der Waals surface area (Å²) in [6, 6.07) is 12.9. The van der Waals surface area contributed by atoms with E-state index < -0.39 is 5.97 Å². The number of hydrogen-bond donors (Lipinski definition) is 0. The lowest BCUT2D eigenvalue weighted by atomic mass is 9.95. The zero-order chi connectivity index (χ0) is 23.8. The molecule has 1 aromatic carbocycles. The molecular formula is C25H20N6O3. The van der Waals surface area contributed by atoms with Crippen molar-refractivity contribution in [3.05, 3.63) is 71.8 Å². The van der Waals surface area contributed by atoms with E-state index in [2.05, 4.69) is 25.3 Å². The fourth-order valence-corrected chi connectivity index (χ4v) is 4.12. The molecule has 9 nitrogen and oxygen atoms in total. The van der Waals surface area contributed by atoms with Gasteiger partial charge in [0.1, 0.15) is 5.69 Å². The van der Waals surface area contributed by atoms with E-state index in [0.717, 1.165) is 0 Å². The first-order valence-corrected chi connectivity index (χ1v) is 10.7. The number of esters is 1. The Hall–Kier alpha value is -4.53. The van der Waals surface area contributed by atoms with Gasteiger partial charge in [0.25, 0.3) is 0 Å². The van der Waals surface area contributed by atoms with E-state index in [1.54, 1.807) is 32.3 Å². The van der Waals surface area contributed by atoms with Crippen LogP contribution in [0.2, 0.25) is 0 Å². The van der Waals surface area contributed by atoms with E-state index in [9.17, 15) is 9.59 Å². The summed E-state index contributed by atoms with van der Waals surface area (Å²) in [5.74, 6) is -0.731. The van der Waals surface area contributed by atoms with Gasteiger partial charge in [-0.15, -0.1) is 15.3 Å². The second-order valence-electron chi connectivity index (χ2n) is 7.66. The Bertz CT molecular complexity index is 1560. The minimum Gasteiger partial charge on any atom is -0.461 e. The Morgan fingerprint density at radius 3 is 2.47 bits per heavy atom. The van der Waals surface area contributed by atoms with Crippen LogP contribution in [-0.4, -0.2) is 48.1 Å². The van der Waals surface area contributed by atoms with Gasteiger partial charge in [0.15, 0.2) is 22.8 Å². The minimum absolute atomic E-state index is 0.134. The molecule has 4 heterocycles. The van der Waals surface area contributed by atoms with Crippen molar-refractivity contribution in [3.63, 3.8) is 0 Å². The average molecular weight is 452 g/mol. The van der Waals surface area contributed by atoms with Crippen LogP contribution in [0, 0.1) is 6.92 Å². The van der Waals surface area contributed by atoms with Crippen molar-refractivity contribution >= 4 is 28.4 Å². The number of fused-ring (bicyclic) bond motifs is 3. The van der Waals surface area contributed by atoms with Crippen LogP contribution < -0.4 is 0 Å². The molecule has 0 radical (unpaired) electrons. The Balaban J connectivity index is 1.95. The molecular weight excluding hydrogens is 432 g/mol. The summed E-state index contributed by atoms with van der Waals surface area (Å²) in [6.45, 7) is 5.17. The van der Waals surface area contributed by atoms with Crippen molar-refractivity contribution < 1.29 is 14.3 Å². The van der Waals surface area contributed by atoms with Gasteiger partial charge in [-0.2, -0.15) is 0 Å². The van der Waals surface area contributed by atoms with Gasteiger partial charge in [0.05, 0.1) is 17.7 Å². The molecule has 0 spiro atoms. The molecule has 0 atom stereocenters. The van der Waals surface area contributed by atoms with Crippen LogP contribution in [0.1, 0.15) is 40.4 Å². The van der Waals surface area contributed by atoms with Crippen molar-refractivity contribution in [1.29, 1.82) is 0 Å². The number of hydrogen-bond acceptors (Lipinski definition) is 8. The molecule has 5 aromatic rings. The van der Waals surface area contributed by atoms with Crippen molar-refractivity contribution in [2.45, 2.75) is 20.8 Å². The molecule has 0 saturated heterocycles. The Labute approximate surface area is 194 Å². The van der Waals surface area contributed by atoms with Crippen LogP contribution in [0.5, 0.6) is 0 Å². The second-order valence-corrected chi connectivity index (χ2v) is 7.66. The summed E-state index contributed by atoms with van der Waals surface area (Å²) in [5, 5.41) is 14.0. The molecule has 168 valence electrons. The van der Waals surface area contributed by atoms with Gasteiger partial charge < -0.3 is 4.74 Å². The summed E-state index contributed by atoms with van der Waals surface area (Å²) in [6.07, 6.45) is 3.32. The molecule has 5 rings (SSSR count). The van der Waals surface area contributed by atoms with E-state index in [-0.39, 0.29) is 18.1 Å². The number of Topliss-reactive ketones (excluding diaryl/α,β-unsaturated/α-hetero) is 1. The van der Waals surface area contributed by atoms with Gasteiger partial charge in [-0.1, -0.05) is 36.4 Å². The first-order valence-electron chi connectivity index (χ1n) is 10.7. The molecule has 0 aliphatic rings. The normalized spacial score (nSPS) is 11.1. The quantitative estimate of drug-likeness (QED) is 0.289. The lowest BCUT2D eigenvalue weighted by molar-refractivity contribution is 0.0516. The smallest absolute Gasteiger partial charge is 0.359 e. The third-order valence-electron chi connectivity index (χ3n) is 5.48. The highest BCUT2D eigenvalue weighted by molar-refractivity contribution is 6.13. The number of aryl methyl sites for hydroxylation is 1. The summed E-state index contributed by atoms with van der Waals surface area (Å²) < 4.78 is 6.75. The van der Waals surface area contributed by atoms with Crippen LogP contribution >= 0.6 is 0 Å². The van der Waals surface area contributed by atoms with Gasteiger partial charge in [0.2, 0.25) is 0 Å². The summed E-state index contributed by atoms with van der Waals surface area (Å²) in [5.41, 5.74) is 4.09. The standard InChI is InChI=1S/C25H20N6O3/c1-4-34-25(33)22-21(16-9-6-5-7-10-16)28-29-24-20-19(17-11-8-12-26-13-17)18(15(3)32)14(2)27-23(20)30-31(22)24/h5-13H,4H2,1-3H3. The SMILES string of the molecule is CCOC(=O)c1c(-c2ccccc2)nnc2c3c(-c4cccnc4)c(C(C)=O)c(C)nc3nn12. The highest BCUT2D eigenvalue weighted by Crippen LogP contribution is 2.36. The zero-order valence-corrected chi connectivity index (χ0v) is 18.8. The summed E-state index contributed by atoms with van der Waals surface area (Å²) >= 11 is 0. The Morgan fingerprint density at radius 2 is 1.79 bits per heavy atom. The first-order chi connectivity index (χ1) is 16.5. The van der Waals surface area contributed by atoms with E-state index in [1.807, 2.05) is 36.4 Å². The maximum Gasteiger partial charge on any atom is 0.359 e. The van der Waals surface area contributed by atoms with Crippen LogP contribution in [-0.2, 0) is 4.74 Å². The predicted molar refractivity (Wildman–Crippen MR) is 125 cm³/mol. The fraction of sp³-hybridized carbons (Fsp3) is 0.160. The molecule has 0 bridgehead atoms. The fourth-order valence-electron chi connectivity index (χ4n) is 4.12. The number of ether oxygens (including phenoxy) is 1. The van der Waals surface area contributed by atoms with Crippen LogP contribution in [0.3, 0.4) is 0 Å². The number of ketones is 1. The van der Waals surface area contributed by atoms with E-state index in [1.165, 1.54) is 11.4 Å². The van der Waals surface area contributed by atoms with Crippen LogP contribution in [0.4, 0.5) is 0 Å². The highest BCUT2D eigenvalue weighted by Gasteiger charge is 2.27. The molecule has 4 aromatic heterocycles. The third kappa shape index (κ3) is 3.38. The third-order valence-corrected chi connectivity index (χ3v) is 5.48. The van der Waals surface area contributed by atoms with Crippen molar-refractivity contribution in [2.24, 2.45) is 0 Å². The lowest BCUT2D eigenvalue weighted by Gasteiger charge is -2.11. The summed E-state index contributed by atoms with van der Waals surface area (Å²) in [7, 11) is 0. The van der Waals surface area contributed by atoms with Crippen molar-refractivity contribution in [3.8, 4) is 22.4 Å². The number of aromatic nitrogens is 6. The molecule has 9 heteroatoms. The van der Waals surface area contributed by atoms with Crippen molar-refractivity contribution in [2.75, 3.05) is 6.61 Å². The second kappa shape index (κ2) is 8.43. The number of nitrogens with zero attached hydrogens (tertiary/aromatic N) is 6. The molecule has 0 unspecified atom stereocenters. The summed E-state index contributed by atoms with van der Waals surface area (Å²) in [4.78, 5) is 34.5. The molecule has 0 N–H and O–H groups in total. The molecule has 0 fully saturated rings. The van der Waals surface area contributed by atoms with Gasteiger partial charge in [-0.05, 0) is 26.8 Å². The molecule has 0 saturated carbocycles. The number of carbonyl (C=O) groups excluding carboxylic acids is 2. The molecule has 34 heavy (non-hydrogen) atoms. The van der Waals surface area contributed by atoms with Crippen LogP contribution in [0.25, 0.3) is 39.1 Å². The molecule has 0 amide bonds. The molecule has 0 aliphatic carbocycles. The Morgan fingerprint density at radius 1 is 1.03 bits per heavy atom. The van der Waals surface area contributed by atoms with E-state index >= 15 is 0 Å². The van der Waals surface area contributed by atoms with E-state index in [4.69, 9.17) is 4.74 Å². The van der Waals surface area contributed by atoms with E-state index in [0.29, 0.717) is 50.3 Å². The topological polar surface area (TPSA) is 112 Å². The van der Waals surface area contributed by atoms with Gasteiger partial charge in [0, 0.05) is 34.6 Å². The van der Waals surface area contributed by atoms with Gasteiger partial charge >= 0.3 is 5.97 Å². The van der Waals surface area contributed by atoms with Crippen molar-refractivity contribution in [1.82, 2.24) is 29.8 Å².